The topological polar surface area (TPSA) is 62.5 Å². The third kappa shape index (κ3) is 2.12. The SMILES string of the molecule is Cn1cccc1C(=O)N1CCC(C)(C(=O)O)CC1. The molecule has 0 spiro atoms. The summed E-state index contributed by atoms with van der Waals surface area (Å²) in [5.41, 5.74) is -0.0423. The highest BCUT2D eigenvalue weighted by Gasteiger charge is 2.38. The predicted molar refractivity (Wildman–Crippen MR) is 66.3 cm³/mol. The van der Waals surface area contributed by atoms with Crippen molar-refractivity contribution in [3.05, 3.63) is 24.0 Å². The van der Waals surface area contributed by atoms with Crippen LogP contribution in [0.15, 0.2) is 18.3 Å². The van der Waals surface area contributed by atoms with Crippen LogP contribution in [0.3, 0.4) is 0 Å². The first-order valence-corrected chi connectivity index (χ1v) is 6.08. The van der Waals surface area contributed by atoms with E-state index in [0.29, 0.717) is 31.6 Å². The fourth-order valence-electron chi connectivity index (χ4n) is 2.26. The van der Waals surface area contributed by atoms with Crippen molar-refractivity contribution < 1.29 is 14.7 Å². The molecule has 1 fully saturated rings. The molecule has 5 heteroatoms. The number of piperidine rings is 1. The summed E-state index contributed by atoms with van der Waals surface area (Å²) in [6, 6.07) is 3.62. The number of hydrogen-bond acceptors (Lipinski definition) is 2. The van der Waals surface area contributed by atoms with Gasteiger partial charge in [0.05, 0.1) is 5.41 Å². The van der Waals surface area contributed by atoms with Crippen LogP contribution in [0.2, 0.25) is 0 Å². The van der Waals surface area contributed by atoms with E-state index in [1.54, 1.807) is 22.5 Å². The maximum Gasteiger partial charge on any atom is 0.309 e. The van der Waals surface area contributed by atoms with Gasteiger partial charge in [-0.3, -0.25) is 9.59 Å². The molecule has 0 aromatic carbocycles. The highest BCUT2D eigenvalue weighted by atomic mass is 16.4. The van der Waals surface area contributed by atoms with E-state index >= 15 is 0 Å². The van der Waals surface area contributed by atoms with E-state index in [1.165, 1.54) is 0 Å². The molecule has 1 saturated heterocycles. The van der Waals surface area contributed by atoms with E-state index in [0.717, 1.165) is 0 Å². The molecule has 0 unspecified atom stereocenters. The normalized spacial score (nSPS) is 18.7. The Morgan fingerprint density at radius 3 is 2.39 bits per heavy atom. The minimum Gasteiger partial charge on any atom is -0.481 e. The molecule has 1 aromatic heterocycles. The Morgan fingerprint density at radius 2 is 1.94 bits per heavy atom. The second kappa shape index (κ2) is 4.48. The van der Waals surface area contributed by atoms with Gasteiger partial charge >= 0.3 is 5.97 Å². The van der Waals surface area contributed by atoms with Gasteiger partial charge < -0.3 is 14.6 Å². The van der Waals surface area contributed by atoms with Gasteiger partial charge in [0.15, 0.2) is 0 Å². The fourth-order valence-corrected chi connectivity index (χ4v) is 2.26. The monoisotopic (exact) mass is 250 g/mol. The number of aliphatic carboxylic acids is 1. The second-order valence-corrected chi connectivity index (χ2v) is 5.16. The third-order valence-electron chi connectivity index (χ3n) is 3.83. The summed E-state index contributed by atoms with van der Waals surface area (Å²) in [7, 11) is 1.83. The number of amides is 1. The van der Waals surface area contributed by atoms with Crippen LogP contribution >= 0.6 is 0 Å². The number of aromatic nitrogens is 1. The Morgan fingerprint density at radius 1 is 1.33 bits per heavy atom. The number of carboxylic acids is 1. The molecular weight excluding hydrogens is 232 g/mol. The number of rotatable bonds is 2. The van der Waals surface area contributed by atoms with Gasteiger partial charge in [-0.05, 0) is 31.9 Å². The van der Waals surface area contributed by atoms with Crippen molar-refractivity contribution in [1.82, 2.24) is 9.47 Å². The number of nitrogens with zero attached hydrogens (tertiary/aromatic N) is 2. The zero-order chi connectivity index (χ0) is 13.3. The molecule has 1 aliphatic heterocycles. The molecule has 2 heterocycles. The summed E-state index contributed by atoms with van der Waals surface area (Å²) < 4.78 is 1.79. The lowest BCUT2D eigenvalue weighted by Gasteiger charge is -2.36. The molecule has 1 N–H and O–H groups in total. The lowest BCUT2D eigenvalue weighted by molar-refractivity contribution is -0.150. The van der Waals surface area contributed by atoms with E-state index in [2.05, 4.69) is 0 Å². The number of carboxylic acid groups (broad SMARTS) is 1. The molecule has 2 rings (SSSR count). The van der Waals surface area contributed by atoms with E-state index in [9.17, 15) is 9.59 Å². The average molecular weight is 250 g/mol. The van der Waals surface area contributed by atoms with Crippen molar-refractivity contribution in [3.8, 4) is 0 Å². The predicted octanol–water partition coefficient (Wildman–Crippen LogP) is 1.35. The van der Waals surface area contributed by atoms with Crippen LogP contribution in [-0.4, -0.2) is 39.5 Å². The molecule has 0 aliphatic carbocycles. The largest absolute Gasteiger partial charge is 0.481 e. The van der Waals surface area contributed by atoms with Crippen LogP contribution in [0.5, 0.6) is 0 Å². The summed E-state index contributed by atoms with van der Waals surface area (Å²) in [5, 5.41) is 9.14. The summed E-state index contributed by atoms with van der Waals surface area (Å²) in [6.07, 6.45) is 2.86. The van der Waals surface area contributed by atoms with E-state index in [-0.39, 0.29) is 5.91 Å². The van der Waals surface area contributed by atoms with Crippen LogP contribution in [0, 0.1) is 5.41 Å². The lowest BCUT2D eigenvalue weighted by atomic mass is 9.80. The summed E-state index contributed by atoms with van der Waals surface area (Å²) in [4.78, 5) is 25.1. The highest BCUT2D eigenvalue weighted by Crippen LogP contribution is 2.31. The number of likely N-dealkylation sites (tertiary alicyclic amines) is 1. The van der Waals surface area contributed by atoms with Crippen molar-refractivity contribution >= 4 is 11.9 Å². The van der Waals surface area contributed by atoms with Crippen molar-refractivity contribution in [2.45, 2.75) is 19.8 Å². The van der Waals surface area contributed by atoms with Crippen LogP contribution < -0.4 is 0 Å². The van der Waals surface area contributed by atoms with Gasteiger partial charge in [0.1, 0.15) is 5.69 Å². The van der Waals surface area contributed by atoms with Crippen molar-refractivity contribution in [3.63, 3.8) is 0 Å². The van der Waals surface area contributed by atoms with Crippen LogP contribution in [-0.2, 0) is 11.8 Å². The first-order valence-electron chi connectivity index (χ1n) is 6.08. The number of carbonyl (C=O) groups is 2. The first-order chi connectivity index (χ1) is 8.44. The van der Waals surface area contributed by atoms with E-state index in [1.807, 2.05) is 19.3 Å². The average Bonchev–Trinajstić information content (AvgIpc) is 2.75. The molecule has 0 bridgehead atoms. The second-order valence-electron chi connectivity index (χ2n) is 5.16. The van der Waals surface area contributed by atoms with Gasteiger partial charge in [0.25, 0.3) is 5.91 Å². The Hall–Kier alpha value is -1.78. The zero-order valence-corrected chi connectivity index (χ0v) is 10.7. The highest BCUT2D eigenvalue weighted by molar-refractivity contribution is 5.93. The molecule has 1 amide bonds. The molecular formula is C13H18N2O3. The van der Waals surface area contributed by atoms with Crippen molar-refractivity contribution in [2.75, 3.05) is 13.1 Å². The molecule has 0 saturated carbocycles. The molecule has 0 atom stereocenters. The van der Waals surface area contributed by atoms with Crippen LogP contribution in [0.4, 0.5) is 0 Å². The standard InChI is InChI=1S/C13H18N2O3/c1-13(12(17)18)5-8-15(9-6-13)11(16)10-4-3-7-14(10)2/h3-4,7H,5-6,8-9H2,1-2H3,(H,17,18). The number of carbonyl (C=O) groups excluding carboxylic acids is 1. The first kappa shape index (κ1) is 12.7. The van der Waals surface area contributed by atoms with E-state index in [4.69, 9.17) is 5.11 Å². The summed E-state index contributed by atoms with van der Waals surface area (Å²) >= 11 is 0. The molecule has 1 aromatic rings. The summed E-state index contributed by atoms with van der Waals surface area (Å²) in [5.74, 6) is -0.789. The van der Waals surface area contributed by atoms with Gasteiger partial charge in [-0.15, -0.1) is 0 Å². The van der Waals surface area contributed by atoms with E-state index < -0.39 is 11.4 Å². The Bertz CT molecular complexity index is 470. The lowest BCUT2D eigenvalue weighted by Crippen LogP contribution is -2.45. The van der Waals surface area contributed by atoms with Crippen LogP contribution in [0.1, 0.15) is 30.3 Å². The maximum absolute atomic E-state index is 12.2. The Balaban J connectivity index is 2.05. The molecule has 98 valence electrons. The molecule has 5 nitrogen and oxygen atoms in total. The molecule has 1 aliphatic rings. The zero-order valence-electron chi connectivity index (χ0n) is 10.7. The Kier molecular flexibility index (Phi) is 3.15. The van der Waals surface area contributed by atoms with Gasteiger partial charge in [-0.2, -0.15) is 0 Å². The summed E-state index contributed by atoms with van der Waals surface area (Å²) in [6.45, 7) is 2.76. The number of hydrogen-bond donors (Lipinski definition) is 1. The number of aryl methyl sites for hydroxylation is 1. The van der Waals surface area contributed by atoms with Gasteiger partial charge in [0, 0.05) is 26.3 Å². The third-order valence-corrected chi connectivity index (χ3v) is 3.83. The van der Waals surface area contributed by atoms with Gasteiger partial charge in [-0.1, -0.05) is 0 Å². The fraction of sp³-hybridized carbons (Fsp3) is 0.538. The van der Waals surface area contributed by atoms with Crippen LogP contribution in [0.25, 0.3) is 0 Å². The Labute approximate surface area is 106 Å². The van der Waals surface area contributed by atoms with Crippen molar-refractivity contribution in [2.24, 2.45) is 12.5 Å². The molecule has 0 radical (unpaired) electrons. The smallest absolute Gasteiger partial charge is 0.309 e. The maximum atomic E-state index is 12.2. The van der Waals surface area contributed by atoms with Gasteiger partial charge in [0.2, 0.25) is 0 Å². The quantitative estimate of drug-likeness (QED) is 0.861. The van der Waals surface area contributed by atoms with Crippen molar-refractivity contribution in [1.29, 1.82) is 0 Å². The minimum atomic E-state index is -0.770. The van der Waals surface area contributed by atoms with Gasteiger partial charge in [-0.25, -0.2) is 0 Å². The molecule has 18 heavy (non-hydrogen) atoms. The minimum absolute atomic E-state index is 0.0186.